The number of carbonyl (C=O) groups excluding carboxylic acids is 3. The topological polar surface area (TPSA) is 137 Å². The van der Waals surface area contributed by atoms with E-state index >= 15 is 0 Å². The lowest BCUT2D eigenvalue weighted by Crippen LogP contribution is -3.00. The molecule has 0 spiro atoms. The van der Waals surface area contributed by atoms with Crippen LogP contribution in [0.5, 0.6) is 17.2 Å². The van der Waals surface area contributed by atoms with E-state index in [4.69, 9.17) is 19.4 Å². The van der Waals surface area contributed by atoms with Gasteiger partial charge in [0.2, 0.25) is 5.91 Å². The number of aliphatic hydroxyl groups is 1. The number of carboxylic acid groups (broad SMARTS) is 1. The van der Waals surface area contributed by atoms with Gasteiger partial charge in [-0.25, -0.2) is 0 Å². The highest BCUT2D eigenvalue weighted by Crippen LogP contribution is 2.48. The molecule has 0 aromatic heterocycles. The minimum atomic E-state index is -5.19. The first-order valence-electron chi connectivity index (χ1n) is 25.5. The van der Waals surface area contributed by atoms with Crippen molar-refractivity contribution >= 4 is 17.8 Å². The van der Waals surface area contributed by atoms with Gasteiger partial charge in [-0.3, -0.25) is 9.59 Å². The molecule has 15 heteroatoms. The van der Waals surface area contributed by atoms with E-state index in [2.05, 4.69) is 49.7 Å². The number of nitrogens with zero attached hydrogens (tertiary/aromatic N) is 2. The van der Waals surface area contributed by atoms with E-state index in [1.165, 1.54) is 69.5 Å². The van der Waals surface area contributed by atoms with Gasteiger partial charge in [-0.05, 0) is 79.3 Å². The fourth-order valence-electron chi connectivity index (χ4n) is 12.5. The summed E-state index contributed by atoms with van der Waals surface area (Å²) >= 11 is 0. The van der Waals surface area contributed by atoms with Crippen molar-refractivity contribution < 1.29 is 73.2 Å². The standard InChI is InChI=1S/C34H40N2O3.C22H24N2O2.C2HF3O2.BrH/c1-24-11-10-12-25(2)33(24)38-22-9-3-8-19-36-20-17-26(18-21-36)29(23-36)35-34(37)32-27-13-4-6-15-30(27)39-31-16-7-5-14-28(31)32;1-24-12-10-15(11-13-24)20(14-24)23-21(25)22(26)18-8-4-2-6-16(18)17-7-3-5-9-19(17)22;3-2(4,5)1(6)7;/h4-7,10-16,26,29,32H,3,8-9,17-23H2,1-2H3;2-9,15,20,26H,10-14H2,1H3;(H,6,7);1H/t26?,29-,36?;;;/m1.../s1. The van der Waals surface area contributed by atoms with Crippen LogP contribution < -0.4 is 42.2 Å². The van der Waals surface area contributed by atoms with E-state index in [1.807, 2.05) is 97.1 Å². The van der Waals surface area contributed by atoms with Crippen molar-refractivity contribution in [1.82, 2.24) is 10.6 Å². The fourth-order valence-corrected chi connectivity index (χ4v) is 12.5. The number of hydrogen-bond donors (Lipinski definition) is 3. The number of rotatable bonds is 11. The summed E-state index contributed by atoms with van der Waals surface area (Å²) in [5, 5.41) is 27.2. The van der Waals surface area contributed by atoms with Gasteiger partial charge < -0.3 is 61.1 Å². The van der Waals surface area contributed by atoms with Crippen LogP contribution in [0.4, 0.5) is 13.2 Å². The number of piperidine rings is 6. The Morgan fingerprint density at radius 2 is 1.19 bits per heavy atom. The highest BCUT2D eigenvalue weighted by atomic mass is 79.9. The number of carboxylic acids is 1. The molecule has 13 rings (SSSR count). The first-order chi connectivity index (χ1) is 34.5. The predicted octanol–water partition coefficient (Wildman–Crippen LogP) is 5.08. The Kier molecular flexibility index (Phi) is 16.1. The largest absolute Gasteiger partial charge is 1.00 e. The number of likely N-dealkylation sites (N-methyl/N-ethyl adjacent to an activating group) is 1. The van der Waals surface area contributed by atoms with Crippen LogP contribution in [0.1, 0.15) is 84.2 Å². The molecule has 7 aliphatic heterocycles. The van der Waals surface area contributed by atoms with Crippen LogP contribution >= 0.6 is 0 Å². The molecule has 7 heterocycles. The quantitative estimate of drug-likeness (QED) is 0.124. The molecule has 3 N–H and O–H groups in total. The van der Waals surface area contributed by atoms with Crippen molar-refractivity contribution in [3.63, 3.8) is 0 Å². The van der Waals surface area contributed by atoms with Crippen LogP contribution in [0, 0.1) is 25.7 Å². The molecule has 2 atom stereocenters. The van der Waals surface area contributed by atoms with Gasteiger partial charge in [-0.1, -0.05) is 103 Å². The Bertz CT molecular complexity index is 2680. The van der Waals surface area contributed by atoms with Crippen molar-refractivity contribution in [3.05, 3.63) is 149 Å². The lowest BCUT2D eigenvalue weighted by atomic mass is 9.80. The van der Waals surface area contributed by atoms with Crippen molar-refractivity contribution in [1.29, 1.82) is 0 Å². The molecule has 8 aliphatic rings. The van der Waals surface area contributed by atoms with Gasteiger partial charge in [0, 0.05) is 47.9 Å². The van der Waals surface area contributed by atoms with E-state index in [0.29, 0.717) is 23.0 Å². The molecule has 0 radical (unpaired) electrons. The number of halogens is 4. The number of alkyl halides is 3. The average molecular weight is 1070 g/mol. The molecule has 4 bridgehead atoms. The lowest BCUT2D eigenvalue weighted by molar-refractivity contribution is -0.944. The number of nitrogens with one attached hydrogen (secondary N) is 2. The fraction of sp³-hybridized carbons (Fsp3) is 0.431. The monoisotopic (exact) mass is 1070 g/mol. The SMILES string of the molecule is C[N+]12CCC(CC1)C(NC(=O)C1(O)c3ccccc3-c3ccccc31)C2.Cc1cccc(C)c1OCCCCC[N+]12CCC(CC1)[C@H](NC(=O)C1c3ccccc3Oc3ccccc31)C2.O=C([O-])C(F)(F)F.[Br-]. The number of carbonyl (C=O) groups is 3. The molecule has 5 aromatic carbocycles. The van der Waals surface area contributed by atoms with Gasteiger partial charge in [0.15, 0.2) is 5.60 Å². The maximum absolute atomic E-state index is 13.9. The minimum Gasteiger partial charge on any atom is -1.00 e. The van der Waals surface area contributed by atoms with Crippen molar-refractivity contribution in [2.45, 2.75) is 88.6 Å². The molecule has 5 aromatic rings. The number of ether oxygens (including phenoxy) is 2. The molecule has 388 valence electrons. The normalized spacial score (nSPS) is 24.5. The van der Waals surface area contributed by atoms with Gasteiger partial charge in [0.05, 0.1) is 77.5 Å². The Morgan fingerprint density at radius 1 is 0.699 bits per heavy atom. The number of aliphatic carboxylic acids is 1. The van der Waals surface area contributed by atoms with Gasteiger partial charge >= 0.3 is 6.18 Å². The summed E-state index contributed by atoms with van der Waals surface area (Å²) in [4.78, 5) is 36.0. The van der Waals surface area contributed by atoms with E-state index in [0.717, 1.165) is 87.4 Å². The first kappa shape index (κ1) is 53.5. The van der Waals surface area contributed by atoms with Crippen molar-refractivity contribution in [2.75, 3.05) is 59.5 Å². The van der Waals surface area contributed by atoms with E-state index in [1.54, 1.807) is 0 Å². The summed E-state index contributed by atoms with van der Waals surface area (Å²) in [5.41, 5.74) is 6.04. The lowest BCUT2D eigenvalue weighted by Gasteiger charge is -2.53. The Morgan fingerprint density at radius 3 is 1.73 bits per heavy atom. The van der Waals surface area contributed by atoms with E-state index < -0.39 is 17.7 Å². The van der Waals surface area contributed by atoms with Crippen LogP contribution in [0.15, 0.2) is 115 Å². The second-order valence-electron chi connectivity index (χ2n) is 21.1. The average Bonchev–Trinajstić information content (AvgIpc) is 3.64. The predicted molar refractivity (Wildman–Crippen MR) is 266 cm³/mol. The molecule has 0 saturated carbocycles. The minimum absolute atomic E-state index is 0. The summed E-state index contributed by atoms with van der Waals surface area (Å²) in [7, 11) is 2.28. The summed E-state index contributed by atoms with van der Waals surface area (Å²) in [6, 6.07) is 38.1. The molecule has 1 unspecified atom stereocenters. The first-order valence-corrected chi connectivity index (χ1v) is 25.5. The van der Waals surface area contributed by atoms with Crippen LogP contribution in [-0.4, -0.2) is 110 Å². The number of benzene rings is 5. The zero-order valence-corrected chi connectivity index (χ0v) is 43.4. The number of para-hydroxylation sites is 3. The maximum Gasteiger partial charge on any atom is 0.430 e. The zero-order chi connectivity index (χ0) is 50.8. The maximum atomic E-state index is 13.9. The van der Waals surface area contributed by atoms with E-state index in [-0.39, 0.29) is 46.8 Å². The molecule has 6 fully saturated rings. The second kappa shape index (κ2) is 22.0. The van der Waals surface area contributed by atoms with Gasteiger partial charge in [-0.2, -0.15) is 13.2 Å². The smallest absolute Gasteiger partial charge is 0.430 e. The Hall–Kier alpha value is -5.74. The van der Waals surface area contributed by atoms with Crippen molar-refractivity contribution in [2.24, 2.45) is 11.8 Å². The number of amides is 2. The number of hydrogen-bond acceptors (Lipinski definition) is 7. The second-order valence-corrected chi connectivity index (χ2v) is 21.1. The summed E-state index contributed by atoms with van der Waals surface area (Å²) < 4.78 is 46.0. The highest BCUT2D eigenvalue weighted by molar-refractivity contribution is 5.99. The summed E-state index contributed by atoms with van der Waals surface area (Å²) in [6.45, 7) is 13.1. The third kappa shape index (κ3) is 11.2. The third-order valence-electron chi connectivity index (χ3n) is 16.4. The summed E-state index contributed by atoms with van der Waals surface area (Å²) in [5.74, 6) is 0.245. The zero-order valence-electron chi connectivity index (χ0n) is 41.8. The molecular formula is C58H66BrF3N4O7. The van der Waals surface area contributed by atoms with E-state index in [9.17, 15) is 27.9 Å². The Balaban J connectivity index is 0.000000180. The molecule has 1 aliphatic carbocycles. The molecule has 73 heavy (non-hydrogen) atoms. The van der Waals surface area contributed by atoms with Crippen LogP contribution in [0.2, 0.25) is 0 Å². The van der Waals surface area contributed by atoms with Crippen LogP contribution in [0.3, 0.4) is 0 Å². The Labute approximate surface area is 436 Å². The van der Waals surface area contributed by atoms with Gasteiger partial charge in [0.25, 0.3) is 5.91 Å². The van der Waals surface area contributed by atoms with Gasteiger partial charge in [0.1, 0.15) is 23.2 Å². The van der Waals surface area contributed by atoms with Crippen LogP contribution in [0.25, 0.3) is 11.1 Å². The van der Waals surface area contributed by atoms with Crippen molar-refractivity contribution in [3.8, 4) is 28.4 Å². The van der Waals surface area contributed by atoms with Gasteiger partial charge in [-0.15, -0.1) is 0 Å². The number of fused-ring (bicyclic) bond motifs is 11. The molecular weight excluding hydrogens is 1000 g/mol. The summed E-state index contributed by atoms with van der Waals surface area (Å²) in [6.07, 6.45) is 3.02. The highest BCUT2D eigenvalue weighted by Gasteiger charge is 2.51. The third-order valence-corrected chi connectivity index (χ3v) is 16.4. The molecule has 2 amide bonds. The number of quaternary nitrogens is 2. The number of unbranched alkanes of at least 4 members (excludes halogenated alkanes) is 2. The molecule has 6 saturated heterocycles. The number of aryl methyl sites for hydroxylation is 2. The molecule has 11 nitrogen and oxygen atoms in total. The van der Waals surface area contributed by atoms with Crippen LogP contribution in [-0.2, 0) is 20.0 Å².